The molecule has 0 fully saturated rings. The first-order valence-corrected chi connectivity index (χ1v) is 6.56. The van der Waals surface area contributed by atoms with Crippen LogP contribution in [0, 0.1) is 0 Å². The average molecular weight is 310 g/mol. The van der Waals surface area contributed by atoms with Gasteiger partial charge in [-0.3, -0.25) is 14.4 Å². The number of carbonyl (C=O) groups excluding carboxylic acids is 1. The van der Waals surface area contributed by atoms with Gasteiger partial charge in [0.25, 0.3) is 0 Å². The summed E-state index contributed by atoms with van der Waals surface area (Å²) in [5, 5.41) is 32.6. The summed E-state index contributed by atoms with van der Waals surface area (Å²) in [6, 6.07) is 0. The summed E-state index contributed by atoms with van der Waals surface area (Å²) in [5.41, 5.74) is 0. The molecule has 0 aromatic heterocycles. The van der Waals surface area contributed by atoms with Crippen LogP contribution < -0.4 is 0 Å². The van der Waals surface area contributed by atoms with Crippen molar-refractivity contribution in [2.75, 3.05) is 13.2 Å². The maximum Gasteiger partial charge on any atom is 0.303 e. The topological polar surface area (TPSA) is 141 Å². The molecule has 0 aliphatic carbocycles. The average Bonchev–Trinajstić information content (AvgIpc) is 2.37. The highest BCUT2D eigenvalue weighted by atomic mass is 16.5. The van der Waals surface area contributed by atoms with Crippen molar-refractivity contribution in [2.45, 2.75) is 52.6 Å². The van der Waals surface area contributed by atoms with E-state index in [1.165, 1.54) is 6.92 Å². The van der Waals surface area contributed by atoms with Crippen LogP contribution in [0.25, 0.3) is 0 Å². The van der Waals surface area contributed by atoms with Gasteiger partial charge in [0.1, 0.15) is 12.7 Å². The monoisotopic (exact) mass is 310 g/mol. The largest absolute Gasteiger partial charge is 0.481 e. The minimum Gasteiger partial charge on any atom is -0.481 e. The zero-order valence-electron chi connectivity index (χ0n) is 12.7. The SMILES string of the molecule is CC(=O)OCC(O)CO.CCCC(=O)O.CCCC(=O)O. The molecule has 8 nitrogen and oxygen atoms in total. The van der Waals surface area contributed by atoms with Crippen molar-refractivity contribution in [3.05, 3.63) is 0 Å². The van der Waals surface area contributed by atoms with E-state index >= 15 is 0 Å². The number of carboxylic acid groups (broad SMARTS) is 2. The van der Waals surface area contributed by atoms with Crippen LogP contribution in [0.5, 0.6) is 0 Å². The minimum absolute atomic E-state index is 0.133. The molecule has 0 aromatic carbocycles. The first kappa shape index (κ1) is 24.4. The maximum absolute atomic E-state index is 10.0. The number of carboxylic acids is 2. The molecule has 0 saturated carbocycles. The van der Waals surface area contributed by atoms with E-state index in [9.17, 15) is 14.4 Å². The molecule has 0 heterocycles. The molecule has 1 atom stereocenters. The fourth-order valence-corrected chi connectivity index (χ4v) is 0.694. The van der Waals surface area contributed by atoms with Gasteiger partial charge in [-0.1, -0.05) is 13.8 Å². The van der Waals surface area contributed by atoms with Gasteiger partial charge in [0.05, 0.1) is 6.61 Å². The number of ether oxygens (including phenoxy) is 1. The second kappa shape index (κ2) is 18.3. The Labute approximate surface area is 124 Å². The highest BCUT2D eigenvalue weighted by Crippen LogP contribution is 1.83. The molecule has 0 aliphatic heterocycles. The van der Waals surface area contributed by atoms with Crippen molar-refractivity contribution in [2.24, 2.45) is 0 Å². The highest BCUT2D eigenvalue weighted by molar-refractivity contribution is 5.66. The van der Waals surface area contributed by atoms with E-state index in [-0.39, 0.29) is 13.2 Å². The molecule has 0 saturated heterocycles. The molecule has 0 bridgehead atoms. The molecule has 0 rings (SSSR count). The number of aliphatic hydroxyl groups excluding tert-OH is 2. The summed E-state index contributed by atoms with van der Waals surface area (Å²) in [4.78, 5) is 29.2. The number of aliphatic carboxylic acids is 2. The van der Waals surface area contributed by atoms with Gasteiger partial charge in [0.15, 0.2) is 0 Å². The van der Waals surface area contributed by atoms with Crippen molar-refractivity contribution in [1.82, 2.24) is 0 Å². The summed E-state index contributed by atoms with van der Waals surface area (Å²) < 4.78 is 4.35. The predicted octanol–water partition coefficient (Wildman–Crippen LogP) is 0.645. The maximum atomic E-state index is 10.0. The van der Waals surface area contributed by atoms with Crippen molar-refractivity contribution < 1.29 is 39.5 Å². The first-order chi connectivity index (χ1) is 9.70. The number of aliphatic hydroxyl groups is 2. The Morgan fingerprint density at radius 3 is 1.52 bits per heavy atom. The molecule has 0 aromatic rings. The van der Waals surface area contributed by atoms with Gasteiger partial charge in [-0.2, -0.15) is 0 Å². The lowest BCUT2D eigenvalue weighted by atomic mass is 10.4. The first-order valence-electron chi connectivity index (χ1n) is 6.56. The van der Waals surface area contributed by atoms with Crippen LogP contribution in [0.15, 0.2) is 0 Å². The molecule has 1 unspecified atom stereocenters. The van der Waals surface area contributed by atoms with Gasteiger partial charge in [-0.05, 0) is 12.8 Å². The Hall–Kier alpha value is -1.67. The number of rotatable bonds is 7. The zero-order valence-corrected chi connectivity index (χ0v) is 12.7. The van der Waals surface area contributed by atoms with E-state index in [0.29, 0.717) is 12.8 Å². The van der Waals surface area contributed by atoms with E-state index in [4.69, 9.17) is 20.4 Å². The second-order valence-electron chi connectivity index (χ2n) is 3.93. The molecule has 0 spiro atoms. The molecular formula is C13H26O8. The van der Waals surface area contributed by atoms with E-state index in [2.05, 4.69) is 4.74 Å². The fraction of sp³-hybridized carbons (Fsp3) is 0.769. The predicted molar refractivity (Wildman–Crippen MR) is 74.8 cm³/mol. The van der Waals surface area contributed by atoms with Crippen molar-refractivity contribution in [3.63, 3.8) is 0 Å². The van der Waals surface area contributed by atoms with Crippen molar-refractivity contribution >= 4 is 17.9 Å². The van der Waals surface area contributed by atoms with Crippen LogP contribution in [-0.2, 0) is 19.1 Å². The summed E-state index contributed by atoms with van der Waals surface area (Å²) in [7, 11) is 0. The zero-order chi connectivity index (χ0) is 17.3. The molecule has 8 heteroatoms. The van der Waals surface area contributed by atoms with Crippen LogP contribution >= 0.6 is 0 Å². The van der Waals surface area contributed by atoms with E-state index in [1.54, 1.807) is 0 Å². The van der Waals surface area contributed by atoms with Crippen molar-refractivity contribution in [3.8, 4) is 0 Å². The van der Waals surface area contributed by atoms with Crippen molar-refractivity contribution in [1.29, 1.82) is 0 Å². The Morgan fingerprint density at radius 1 is 1.00 bits per heavy atom. The fourth-order valence-electron chi connectivity index (χ4n) is 0.694. The van der Waals surface area contributed by atoms with Crippen LogP contribution in [0.1, 0.15) is 46.5 Å². The lowest BCUT2D eigenvalue weighted by molar-refractivity contribution is -0.144. The third kappa shape index (κ3) is 38.1. The van der Waals surface area contributed by atoms with Gasteiger partial charge in [0.2, 0.25) is 0 Å². The van der Waals surface area contributed by atoms with Gasteiger partial charge >= 0.3 is 17.9 Å². The molecule has 0 aliphatic rings. The Morgan fingerprint density at radius 2 is 1.38 bits per heavy atom. The Bertz CT molecular complexity index is 261. The number of carbonyl (C=O) groups is 3. The quantitative estimate of drug-likeness (QED) is 0.502. The van der Waals surface area contributed by atoms with Crippen LogP contribution in [0.2, 0.25) is 0 Å². The lowest BCUT2D eigenvalue weighted by Crippen LogP contribution is -2.20. The minimum atomic E-state index is -0.950. The normalized spacial score (nSPS) is 10.1. The third-order valence-electron chi connectivity index (χ3n) is 1.62. The van der Waals surface area contributed by atoms with Crippen LogP contribution in [0.3, 0.4) is 0 Å². The third-order valence-corrected chi connectivity index (χ3v) is 1.62. The van der Waals surface area contributed by atoms with Gasteiger partial charge in [-0.15, -0.1) is 0 Å². The standard InChI is InChI=1S/C5H10O4.2C4H8O2/c1-4(7)9-3-5(8)2-6;2*1-2-3-4(5)6/h5-6,8H,2-3H2,1H3;2*2-3H2,1H3,(H,5,6). The summed E-state index contributed by atoms with van der Waals surface area (Å²) in [6.07, 6.45) is 1.10. The van der Waals surface area contributed by atoms with E-state index in [0.717, 1.165) is 12.8 Å². The molecular weight excluding hydrogens is 284 g/mol. The lowest BCUT2D eigenvalue weighted by Gasteiger charge is -2.05. The number of esters is 1. The Kier molecular flexibility index (Phi) is 21.3. The number of hydrogen-bond donors (Lipinski definition) is 4. The second-order valence-corrected chi connectivity index (χ2v) is 3.93. The van der Waals surface area contributed by atoms with Gasteiger partial charge in [-0.25, -0.2) is 0 Å². The molecule has 4 N–H and O–H groups in total. The van der Waals surface area contributed by atoms with E-state index < -0.39 is 24.0 Å². The van der Waals surface area contributed by atoms with Crippen LogP contribution in [0.4, 0.5) is 0 Å². The van der Waals surface area contributed by atoms with Crippen LogP contribution in [-0.4, -0.2) is 57.7 Å². The summed E-state index contributed by atoms with van der Waals surface area (Å²) in [6.45, 7) is 4.41. The summed E-state index contributed by atoms with van der Waals surface area (Å²) >= 11 is 0. The van der Waals surface area contributed by atoms with Gasteiger partial charge < -0.3 is 25.2 Å². The smallest absolute Gasteiger partial charge is 0.303 e. The highest BCUT2D eigenvalue weighted by Gasteiger charge is 2.02. The molecule has 0 radical (unpaired) electrons. The number of hydrogen-bond acceptors (Lipinski definition) is 6. The Balaban J connectivity index is -0.000000240. The molecule has 126 valence electrons. The van der Waals surface area contributed by atoms with E-state index in [1.807, 2.05) is 13.8 Å². The molecule has 0 amide bonds. The summed E-state index contributed by atoms with van der Waals surface area (Å²) in [5.74, 6) is -1.88. The molecule has 21 heavy (non-hydrogen) atoms. The van der Waals surface area contributed by atoms with Gasteiger partial charge in [0, 0.05) is 19.8 Å².